The summed E-state index contributed by atoms with van der Waals surface area (Å²) >= 11 is 6.07. The second-order valence-electron chi connectivity index (χ2n) is 7.16. The van der Waals surface area contributed by atoms with Gasteiger partial charge in [0.25, 0.3) is 0 Å². The lowest BCUT2D eigenvalue weighted by molar-refractivity contribution is 1.60. The molecule has 0 bridgehead atoms. The summed E-state index contributed by atoms with van der Waals surface area (Å²) in [6, 6.07) is 40.4. The van der Waals surface area contributed by atoms with Crippen LogP contribution in [-0.4, -0.2) is 0 Å². The number of benzene rings is 5. The minimum absolute atomic E-state index is 0.756. The first-order valence-corrected chi connectivity index (χ1v) is 10.1. The van der Waals surface area contributed by atoms with Crippen molar-refractivity contribution in [1.82, 2.24) is 0 Å². The van der Waals surface area contributed by atoms with Crippen LogP contribution in [-0.2, 0) is 0 Å². The van der Waals surface area contributed by atoms with Gasteiger partial charge in [0.1, 0.15) is 0 Å². The molecule has 0 heterocycles. The van der Waals surface area contributed by atoms with Crippen molar-refractivity contribution >= 4 is 22.4 Å². The summed E-state index contributed by atoms with van der Waals surface area (Å²) < 4.78 is 0. The topological polar surface area (TPSA) is 0 Å². The first kappa shape index (κ1) is 17.7. The number of rotatable bonds is 3. The third-order valence-electron chi connectivity index (χ3n) is 5.34. The van der Waals surface area contributed by atoms with Crippen LogP contribution in [0, 0.1) is 0 Å². The van der Waals surface area contributed by atoms with E-state index < -0.39 is 0 Å². The third-order valence-corrected chi connectivity index (χ3v) is 5.59. The van der Waals surface area contributed by atoms with Crippen LogP contribution < -0.4 is 0 Å². The van der Waals surface area contributed by atoms with Crippen LogP contribution in [0.5, 0.6) is 0 Å². The van der Waals surface area contributed by atoms with E-state index in [-0.39, 0.29) is 0 Å². The van der Waals surface area contributed by atoms with Crippen molar-refractivity contribution in [3.05, 3.63) is 120 Å². The minimum atomic E-state index is 0.756. The van der Waals surface area contributed by atoms with Crippen molar-refractivity contribution in [1.29, 1.82) is 0 Å². The molecule has 0 aliphatic carbocycles. The van der Waals surface area contributed by atoms with Gasteiger partial charge < -0.3 is 0 Å². The predicted molar refractivity (Wildman–Crippen MR) is 125 cm³/mol. The lowest BCUT2D eigenvalue weighted by atomic mass is 9.90. The molecule has 0 saturated carbocycles. The second-order valence-corrected chi connectivity index (χ2v) is 7.60. The van der Waals surface area contributed by atoms with Crippen LogP contribution in [0.4, 0.5) is 0 Å². The summed E-state index contributed by atoms with van der Waals surface area (Å²) in [4.78, 5) is 0. The van der Waals surface area contributed by atoms with E-state index in [0.717, 1.165) is 5.02 Å². The molecular formula is C28H19Cl. The molecule has 0 amide bonds. The Bertz CT molecular complexity index is 1280. The Hall–Kier alpha value is -3.35. The maximum Gasteiger partial charge on any atom is 0.0406 e. The van der Waals surface area contributed by atoms with Crippen LogP contribution >= 0.6 is 11.6 Å². The Balaban J connectivity index is 1.72. The van der Waals surface area contributed by atoms with Crippen molar-refractivity contribution in [2.75, 3.05) is 0 Å². The molecule has 0 N–H and O–H groups in total. The molecule has 29 heavy (non-hydrogen) atoms. The van der Waals surface area contributed by atoms with Gasteiger partial charge in [-0.15, -0.1) is 0 Å². The molecule has 0 radical (unpaired) electrons. The smallest absolute Gasteiger partial charge is 0.0406 e. The van der Waals surface area contributed by atoms with E-state index in [1.165, 1.54) is 44.2 Å². The lowest BCUT2D eigenvalue weighted by Gasteiger charge is -2.13. The van der Waals surface area contributed by atoms with Crippen molar-refractivity contribution in [2.24, 2.45) is 0 Å². The van der Waals surface area contributed by atoms with Crippen LogP contribution in [0.2, 0.25) is 5.02 Å². The molecule has 0 unspecified atom stereocenters. The Kier molecular flexibility index (Phi) is 4.63. The van der Waals surface area contributed by atoms with Crippen LogP contribution in [0.15, 0.2) is 115 Å². The maximum atomic E-state index is 6.07. The zero-order chi connectivity index (χ0) is 19.6. The van der Waals surface area contributed by atoms with Gasteiger partial charge >= 0.3 is 0 Å². The fourth-order valence-electron chi connectivity index (χ4n) is 3.95. The molecule has 0 aromatic heterocycles. The third kappa shape index (κ3) is 3.44. The zero-order valence-electron chi connectivity index (χ0n) is 15.8. The summed E-state index contributed by atoms with van der Waals surface area (Å²) in [6.07, 6.45) is 0. The average Bonchev–Trinajstić information content (AvgIpc) is 2.79. The molecule has 1 heteroatoms. The van der Waals surface area contributed by atoms with Crippen LogP contribution in [0.3, 0.4) is 0 Å². The Morgan fingerprint density at radius 2 is 1.00 bits per heavy atom. The molecule has 138 valence electrons. The van der Waals surface area contributed by atoms with Gasteiger partial charge in [-0.05, 0) is 62.4 Å². The predicted octanol–water partition coefficient (Wildman–Crippen LogP) is 8.49. The summed E-state index contributed by atoms with van der Waals surface area (Å²) in [5.74, 6) is 0. The molecule has 5 rings (SSSR count). The number of hydrogen-bond acceptors (Lipinski definition) is 0. The van der Waals surface area contributed by atoms with E-state index in [1.807, 2.05) is 12.1 Å². The molecule has 0 nitrogen and oxygen atoms in total. The van der Waals surface area contributed by atoms with Gasteiger partial charge in [0.15, 0.2) is 0 Å². The van der Waals surface area contributed by atoms with E-state index in [0.29, 0.717) is 0 Å². The van der Waals surface area contributed by atoms with Crippen molar-refractivity contribution in [3.63, 3.8) is 0 Å². The summed E-state index contributed by atoms with van der Waals surface area (Å²) in [5, 5.41) is 3.29. The standard InChI is InChI=1S/C28H19Cl/c29-25-17-15-20(16-18-25)23-11-4-12-24(19-23)27-14-6-10-22-9-5-13-26(28(22)27)21-7-2-1-3-8-21/h1-19H. The SMILES string of the molecule is Clc1ccc(-c2cccc(-c3cccc4cccc(-c5ccccc5)c34)c2)cc1. The summed E-state index contributed by atoms with van der Waals surface area (Å²) in [5.41, 5.74) is 7.31. The molecule has 0 fully saturated rings. The fraction of sp³-hybridized carbons (Fsp3) is 0. The van der Waals surface area contributed by atoms with E-state index >= 15 is 0 Å². The zero-order valence-corrected chi connectivity index (χ0v) is 16.6. The minimum Gasteiger partial charge on any atom is -0.0843 e. The van der Waals surface area contributed by atoms with Gasteiger partial charge in [-0.3, -0.25) is 0 Å². The van der Waals surface area contributed by atoms with Crippen molar-refractivity contribution in [3.8, 4) is 33.4 Å². The summed E-state index contributed by atoms with van der Waals surface area (Å²) in [7, 11) is 0. The quantitative estimate of drug-likeness (QED) is 0.289. The normalized spacial score (nSPS) is 10.9. The monoisotopic (exact) mass is 390 g/mol. The Labute approximate surface area is 176 Å². The molecular weight excluding hydrogens is 372 g/mol. The van der Waals surface area contributed by atoms with Crippen molar-refractivity contribution < 1.29 is 0 Å². The van der Waals surface area contributed by atoms with Crippen LogP contribution in [0.25, 0.3) is 44.2 Å². The van der Waals surface area contributed by atoms with Crippen molar-refractivity contribution in [2.45, 2.75) is 0 Å². The second kappa shape index (κ2) is 7.58. The summed E-state index contributed by atoms with van der Waals surface area (Å²) in [6.45, 7) is 0. The highest BCUT2D eigenvalue weighted by Gasteiger charge is 2.10. The number of fused-ring (bicyclic) bond motifs is 1. The first-order chi connectivity index (χ1) is 14.3. The van der Waals surface area contributed by atoms with E-state index in [2.05, 4.69) is 103 Å². The van der Waals surface area contributed by atoms with E-state index in [9.17, 15) is 0 Å². The largest absolute Gasteiger partial charge is 0.0843 e. The Morgan fingerprint density at radius 1 is 0.414 bits per heavy atom. The van der Waals surface area contributed by atoms with Gasteiger partial charge in [0.2, 0.25) is 0 Å². The lowest BCUT2D eigenvalue weighted by Crippen LogP contribution is -1.87. The van der Waals surface area contributed by atoms with Gasteiger partial charge in [-0.1, -0.05) is 109 Å². The highest BCUT2D eigenvalue weighted by Crippen LogP contribution is 2.37. The molecule has 0 atom stereocenters. The fourth-order valence-corrected chi connectivity index (χ4v) is 4.07. The molecule has 0 aliphatic rings. The van der Waals surface area contributed by atoms with E-state index in [1.54, 1.807) is 0 Å². The maximum absolute atomic E-state index is 6.07. The number of hydrogen-bond donors (Lipinski definition) is 0. The highest BCUT2D eigenvalue weighted by atomic mass is 35.5. The van der Waals surface area contributed by atoms with Crippen LogP contribution in [0.1, 0.15) is 0 Å². The first-order valence-electron chi connectivity index (χ1n) is 9.73. The highest BCUT2D eigenvalue weighted by molar-refractivity contribution is 6.30. The van der Waals surface area contributed by atoms with Gasteiger partial charge in [0, 0.05) is 5.02 Å². The average molecular weight is 391 g/mol. The van der Waals surface area contributed by atoms with E-state index in [4.69, 9.17) is 11.6 Å². The van der Waals surface area contributed by atoms with Gasteiger partial charge in [-0.25, -0.2) is 0 Å². The van der Waals surface area contributed by atoms with Gasteiger partial charge in [-0.2, -0.15) is 0 Å². The Morgan fingerprint density at radius 3 is 1.72 bits per heavy atom. The molecule has 0 aliphatic heterocycles. The van der Waals surface area contributed by atoms with Gasteiger partial charge in [0.05, 0.1) is 0 Å². The molecule has 0 spiro atoms. The molecule has 5 aromatic rings. The molecule has 5 aromatic carbocycles. The molecule has 0 saturated heterocycles. The number of halogens is 1.